The van der Waals surface area contributed by atoms with Gasteiger partial charge in [0.25, 0.3) is 0 Å². The molecule has 3 aromatic carbocycles. The molecule has 4 heteroatoms. The van der Waals surface area contributed by atoms with Gasteiger partial charge >= 0.3 is 0 Å². The standard InChI is InChI=1S/C25H24ClN3/c26-22-12-10-20(11-13-22)23-16-24(28-27-23)25-7-3-4-14-29(25)17-18-8-9-19-5-1-2-6-21(19)15-18/h1-2,5-6,8-13,15-16,25H,3-4,7,14,17H2,(H,27,28). The second-order valence-electron chi connectivity index (χ2n) is 7.88. The molecule has 2 heterocycles. The third-order valence-corrected chi connectivity index (χ3v) is 6.16. The average molecular weight is 402 g/mol. The Balaban J connectivity index is 1.39. The fourth-order valence-electron chi connectivity index (χ4n) is 4.38. The smallest absolute Gasteiger partial charge is 0.0924 e. The van der Waals surface area contributed by atoms with Crippen molar-refractivity contribution in [2.75, 3.05) is 6.54 Å². The van der Waals surface area contributed by atoms with Crippen LogP contribution in [0.2, 0.25) is 5.02 Å². The van der Waals surface area contributed by atoms with Crippen molar-refractivity contribution in [2.24, 2.45) is 0 Å². The molecule has 1 atom stereocenters. The normalized spacial score (nSPS) is 17.6. The largest absolute Gasteiger partial charge is 0.291 e. The van der Waals surface area contributed by atoms with Gasteiger partial charge in [0.2, 0.25) is 0 Å². The molecule has 1 aliphatic heterocycles. The average Bonchev–Trinajstić information content (AvgIpc) is 3.25. The first-order valence-electron chi connectivity index (χ1n) is 10.3. The number of aromatic nitrogens is 2. The summed E-state index contributed by atoms with van der Waals surface area (Å²) in [7, 11) is 0. The molecule has 146 valence electrons. The highest BCUT2D eigenvalue weighted by Crippen LogP contribution is 2.33. The second kappa shape index (κ2) is 8.02. The molecular formula is C25H24ClN3. The summed E-state index contributed by atoms with van der Waals surface area (Å²) in [5.41, 5.74) is 4.64. The summed E-state index contributed by atoms with van der Waals surface area (Å²) in [6, 6.07) is 25.9. The zero-order valence-corrected chi connectivity index (χ0v) is 17.1. The van der Waals surface area contributed by atoms with Crippen LogP contribution in [0.15, 0.2) is 72.8 Å². The molecule has 0 amide bonds. The van der Waals surface area contributed by atoms with Crippen LogP contribution in [0.1, 0.15) is 36.6 Å². The first-order valence-corrected chi connectivity index (χ1v) is 10.7. The van der Waals surface area contributed by atoms with Gasteiger partial charge in [-0.15, -0.1) is 0 Å². The fraction of sp³-hybridized carbons (Fsp3) is 0.240. The molecule has 0 bridgehead atoms. The van der Waals surface area contributed by atoms with Gasteiger partial charge in [0.1, 0.15) is 0 Å². The van der Waals surface area contributed by atoms with E-state index in [9.17, 15) is 0 Å². The number of nitrogens with one attached hydrogen (secondary N) is 1. The van der Waals surface area contributed by atoms with Crippen LogP contribution in [-0.2, 0) is 6.54 Å². The van der Waals surface area contributed by atoms with Crippen molar-refractivity contribution in [1.29, 1.82) is 0 Å². The SMILES string of the molecule is Clc1ccc(-c2cc(C3CCCCN3Cc3ccc4ccccc4c3)[nH]n2)cc1. The molecule has 1 saturated heterocycles. The van der Waals surface area contributed by atoms with E-state index in [0.717, 1.165) is 35.8 Å². The Morgan fingerprint density at radius 1 is 0.931 bits per heavy atom. The minimum atomic E-state index is 0.378. The summed E-state index contributed by atoms with van der Waals surface area (Å²) in [6.45, 7) is 2.08. The summed E-state index contributed by atoms with van der Waals surface area (Å²) < 4.78 is 0. The number of halogens is 1. The Morgan fingerprint density at radius 3 is 2.62 bits per heavy atom. The molecule has 0 radical (unpaired) electrons. The van der Waals surface area contributed by atoms with Gasteiger partial charge in [-0.2, -0.15) is 5.10 Å². The molecule has 1 fully saturated rings. The highest BCUT2D eigenvalue weighted by Gasteiger charge is 2.26. The summed E-state index contributed by atoms with van der Waals surface area (Å²) in [6.07, 6.45) is 3.67. The Kier molecular flexibility index (Phi) is 5.09. The summed E-state index contributed by atoms with van der Waals surface area (Å²) in [5, 5.41) is 11.2. The number of hydrogen-bond acceptors (Lipinski definition) is 2. The monoisotopic (exact) mass is 401 g/mol. The number of nitrogens with zero attached hydrogens (tertiary/aromatic N) is 2. The van der Waals surface area contributed by atoms with Crippen LogP contribution < -0.4 is 0 Å². The van der Waals surface area contributed by atoms with Crippen molar-refractivity contribution in [3.8, 4) is 11.3 Å². The molecular weight excluding hydrogens is 378 g/mol. The van der Waals surface area contributed by atoms with Gasteiger partial charge in [-0.25, -0.2) is 0 Å². The van der Waals surface area contributed by atoms with E-state index < -0.39 is 0 Å². The molecule has 0 aliphatic carbocycles. The third kappa shape index (κ3) is 3.93. The van der Waals surface area contributed by atoms with Crippen LogP contribution in [0.4, 0.5) is 0 Å². The number of rotatable bonds is 4. The highest BCUT2D eigenvalue weighted by atomic mass is 35.5. The Hall–Kier alpha value is -2.62. The predicted molar refractivity (Wildman–Crippen MR) is 120 cm³/mol. The van der Waals surface area contributed by atoms with Crippen LogP contribution in [0, 0.1) is 0 Å². The van der Waals surface area contributed by atoms with Crippen LogP contribution in [0.3, 0.4) is 0 Å². The topological polar surface area (TPSA) is 31.9 Å². The van der Waals surface area contributed by atoms with Gasteiger partial charge in [0, 0.05) is 17.1 Å². The van der Waals surface area contributed by atoms with E-state index in [4.69, 9.17) is 11.6 Å². The molecule has 3 nitrogen and oxygen atoms in total. The van der Waals surface area contributed by atoms with E-state index in [0.29, 0.717) is 6.04 Å². The number of fused-ring (bicyclic) bond motifs is 1. The summed E-state index contributed by atoms with van der Waals surface area (Å²) in [5.74, 6) is 0. The lowest BCUT2D eigenvalue weighted by Gasteiger charge is -2.35. The van der Waals surface area contributed by atoms with E-state index in [1.165, 1.54) is 34.9 Å². The zero-order chi connectivity index (χ0) is 19.6. The lowest BCUT2D eigenvalue weighted by atomic mass is 9.97. The van der Waals surface area contributed by atoms with Gasteiger partial charge in [-0.3, -0.25) is 10.00 Å². The molecule has 0 spiro atoms. The lowest BCUT2D eigenvalue weighted by Crippen LogP contribution is -2.33. The predicted octanol–water partition coefficient (Wildman–Crippen LogP) is 6.61. The van der Waals surface area contributed by atoms with E-state index >= 15 is 0 Å². The van der Waals surface area contributed by atoms with Crippen molar-refractivity contribution in [2.45, 2.75) is 31.8 Å². The van der Waals surface area contributed by atoms with Gasteiger partial charge in [-0.1, -0.05) is 66.6 Å². The minimum Gasteiger partial charge on any atom is -0.291 e. The molecule has 0 saturated carbocycles. The number of hydrogen-bond donors (Lipinski definition) is 1. The van der Waals surface area contributed by atoms with E-state index in [1.54, 1.807) is 0 Å². The van der Waals surface area contributed by atoms with Crippen LogP contribution in [0.5, 0.6) is 0 Å². The molecule has 1 N–H and O–H groups in total. The fourth-order valence-corrected chi connectivity index (χ4v) is 4.51. The van der Waals surface area contributed by atoms with Crippen LogP contribution in [0.25, 0.3) is 22.0 Å². The van der Waals surface area contributed by atoms with Crippen molar-refractivity contribution in [3.05, 3.63) is 89.1 Å². The first kappa shape index (κ1) is 18.4. The van der Waals surface area contributed by atoms with E-state index in [1.807, 2.05) is 24.3 Å². The number of benzene rings is 3. The van der Waals surface area contributed by atoms with Gasteiger partial charge < -0.3 is 0 Å². The quantitative estimate of drug-likeness (QED) is 0.417. The van der Waals surface area contributed by atoms with E-state index in [2.05, 4.69) is 63.6 Å². The summed E-state index contributed by atoms with van der Waals surface area (Å²) in [4.78, 5) is 2.59. The minimum absolute atomic E-state index is 0.378. The maximum absolute atomic E-state index is 6.02. The zero-order valence-electron chi connectivity index (χ0n) is 16.3. The summed E-state index contributed by atoms with van der Waals surface area (Å²) >= 11 is 6.02. The molecule has 1 aromatic heterocycles. The number of aromatic amines is 1. The second-order valence-corrected chi connectivity index (χ2v) is 8.32. The van der Waals surface area contributed by atoms with Crippen LogP contribution >= 0.6 is 11.6 Å². The van der Waals surface area contributed by atoms with Crippen molar-refractivity contribution in [1.82, 2.24) is 15.1 Å². The lowest BCUT2D eigenvalue weighted by molar-refractivity contribution is 0.137. The Bertz CT molecular complexity index is 1120. The number of likely N-dealkylation sites (tertiary alicyclic amines) is 1. The Morgan fingerprint density at radius 2 is 1.76 bits per heavy atom. The highest BCUT2D eigenvalue weighted by molar-refractivity contribution is 6.30. The van der Waals surface area contributed by atoms with Crippen molar-refractivity contribution in [3.63, 3.8) is 0 Å². The van der Waals surface area contributed by atoms with Gasteiger partial charge in [-0.05, 0) is 60.0 Å². The number of piperidine rings is 1. The maximum atomic E-state index is 6.02. The molecule has 4 aromatic rings. The van der Waals surface area contributed by atoms with Crippen molar-refractivity contribution >= 4 is 22.4 Å². The molecule has 5 rings (SSSR count). The molecule has 1 aliphatic rings. The van der Waals surface area contributed by atoms with E-state index in [-0.39, 0.29) is 0 Å². The molecule has 29 heavy (non-hydrogen) atoms. The third-order valence-electron chi connectivity index (χ3n) is 5.91. The molecule has 1 unspecified atom stereocenters. The number of H-pyrrole nitrogens is 1. The van der Waals surface area contributed by atoms with Crippen LogP contribution in [-0.4, -0.2) is 21.6 Å². The maximum Gasteiger partial charge on any atom is 0.0924 e. The van der Waals surface area contributed by atoms with Crippen molar-refractivity contribution < 1.29 is 0 Å². The van der Waals surface area contributed by atoms with Gasteiger partial charge in [0.15, 0.2) is 0 Å². The Labute approximate surface area is 176 Å². The van der Waals surface area contributed by atoms with Gasteiger partial charge in [0.05, 0.1) is 17.4 Å². The first-order chi connectivity index (χ1) is 14.3.